The van der Waals surface area contributed by atoms with E-state index in [9.17, 15) is 8.42 Å². The third-order valence-electron chi connectivity index (χ3n) is 5.19. The fourth-order valence-electron chi connectivity index (χ4n) is 3.57. The summed E-state index contributed by atoms with van der Waals surface area (Å²) >= 11 is 0. The highest BCUT2D eigenvalue weighted by molar-refractivity contribution is 7.89. The van der Waals surface area contributed by atoms with Crippen molar-refractivity contribution in [3.05, 3.63) is 54.1 Å². The number of hydrogen-bond acceptors (Lipinski definition) is 5. The maximum atomic E-state index is 13.0. The van der Waals surface area contributed by atoms with Crippen LogP contribution >= 0.6 is 0 Å². The van der Waals surface area contributed by atoms with Gasteiger partial charge in [0.1, 0.15) is 13.2 Å². The van der Waals surface area contributed by atoms with Gasteiger partial charge in [-0.2, -0.15) is 4.31 Å². The number of nitrogens with zero attached hydrogens (tertiary/aromatic N) is 1. The molecule has 0 unspecified atom stereocenters. The molecule has 0 N–H and O–H groups in total. The zero-order valence-corrected chi connectivity index (χ0v) is 16.6. The Morgan fingerprint density at radius 1 is 0.964 bits per heavy atom. The maximum Gasteiger partial charge on any atom is 0.243 e. The minimum absolute atomic E-state index is 0.260. The molecule has 0 aromatic heterocycles. The molecule has 28 heavy (non-hydrogen) atoms. The Morgan fingerprint density at radius 3 is 2.43 bits per heavy atom. The number of benzene rings is 2. The highest BCUT2D eigenvalue weighted by atomic mass is 32.2. The molecule has 150 valence electrons. The number of sulfonamides is 1. The molecule has 2 aromatic rings. The molecule has 1 saturated heterocycles. The molecule has 0 saturated carbocycles. The summed E-state index contributed by atoms with van der Waals surface area (Å²) in [5, 5.41) is 0. The number of rotatable bonds is 6. The normalized spacial score (nSPS) is 18.1. The Hall–Kier alpha value is -2.09. The van der Waals surface area contributed by atoms with E-state index >= 15 is 0 Å². The summed E-state index contributed by atoms with van der Waals surface area (Å²) in [6.45, 7) is 3.19. The van der Waals surface area contributed by atoms with E-state index in [2.05, 4.69) is 0 Å². The van der Waals surface area contributed by atoms with Crippen molar-refractivity contribution in [3.63, 3.8) is 0 Å². The Labute approximate surface area is 166 Å². The highest BCUT2D eigenvalue weighted by Crippen LogP contribution is 2.34. The van der Waals surface area contributed by atoms with E-state index in [1.807, 2.05) is 30.3 Å². The maximum absolute atomic E-state index is 13.0. The summed E-state index contributed by atoms with van der Waals surface area (Å²) in [7, 11) is -3.53. The monoisotopic (exact) mass is 403 g/mol. The van der Waals surface area contributed by atoms with Crippen LogP contribution in [-0.2, 0) is 21.4 Å². The summed E-state index contributed by atoms with van der Waals surface area (Å²) in [6.07, 6.45) is 1.61. The number of fused-ring (bicyclic) bond motifs is 1. The summed E-state index contributed by atoms with van der Waals surface area (Å²) in [6, 6.07) is 14.9. The number of piperidine rings is 1. The van der Waals surface area contributed by atoms with Crippen LogP contribution in [0.1, 0.15) is 18.4 Å². The first-order valence-electron chi connectivity index (χ1n) is 9.64. The minimum atomic E-state index is -3.53. The fraction of sp³-hybridized carbons (Fsp3) is 0.429. The van der Waals surface area contributed by atoms with Crippen LogP contribution in [0, 0.1) is 5.92 Å². The van der Waals surface area contributed by atoms with E-state index in [1.54, 1.807) is 22.5 Å². The van der Waals surface area contributed by atoms with Gasteiger partial charge in [-0.1, -0.05) is 30.3 Å². The van der Waals surface area contributed by atoms with Crippen molar-refractivity contribution < 1.29 is 22.6 Å². The topological polar surface area (TPSA) is 65.1 Å². The molecule has 6 nitrogen and oxygen atoms in total. The van der Waals surface area contributed by atoms with Crippen LogP contribution in [0.5, 0.6) is 11.5 Å². The van der Waals surface area contributed by atoms with E-state index in [0.29, 0.717) is 56.9 Å². The van der Waals surface area contributed by atoms with Crippen LogP contribution in [-0.4, -0.2) is 45.6 Å². The molecule has 2 aliphatic heterocycles. The van der Waals surface area contributed by atoms with Crippen molar-refractivity contribution in [2.24, 2.45) is 5.92 Å². The van der Waals surface area contributed by atoms with E-state index < -0.39 is 10.0 Å². The van der Waals surface area contributed by atoms with Crippen LogP contribution in [0.25, 0.3) is 0 Å². The van der Waals surface area contributed by atoms with Gasteiger partial charge >= 0.3 is 0 Å². The van der Waals surface area contributed by atoms with Gasteiger partial charge < -0.3 is 14.2 Å². The van der Waals surface area contributed by atoms with Gasteiger partial charge in [0.25, 0.3) is 0 Å². The summed E-state index contributed by atoms with van der Waals surface area (Å²) < 4.78 is 44.3. The first-order valence-corrected chi connectivity index (χ1v) is 11.1. The Morgan fingerprint density at radius 2 is 1.68 bits per heavy atom. The molecule has 2 aromatic carbocycles. The quantitative estimate of drug-likeness (QED) is 0.742. The predicted molar refractivity (Wildman–Crippen MR) is 105 cm³/mol. The average molecular weight is 404 g/mol. The average Bonchev–Trinajstić information content (AvgIpc) is 2.74. The molecule has 0 aliphatic carbocycles. The molecular formula is C21H25NO5S. The predicted octanol–water partition coefficient (Wildman–Crippen LogP) is 3.08. The SMILES string of the molecule is O=S(=O)(c1ccc2c(c1)OCCO2)N1CCC(COCc2ccccc2)CC1. The first-order chi connectivity index (χ1) is 13.6. The van der Waals surface area contributed by atoms with Gasteiger partial charge in [0.05, 0.1) is 11.5 Å². The summed E-state index contributed by atoms with van der Waals surface area (Å²) in [4.78, 5) is 0.260. The second-order valence-electron chi connectivity index (χ2n) is 7.15. The summed E-state index contributed by atoms with van der Waals surface area (Å²) in [5.41, 5.74) is 1.15. The van der Waals surface area contributed by atoms with Gasteiger partial charge in [-0.3, -0.25) is 0 Å². The Kier molecular flexibility index (Phi) is 5.85. The van der Waals surface area contributed by atoms with Gasteiger partial charge in [0.15, 0.2) is 11.5 Å². The van der Waals surface area contributed by atoms with Crippen LogP contribution in [0.3, 0.4) is 0 Å². The van der Waals surface area contributed by atoms with Crippen molar-refractivity contribution in [2.45, 2.75) is 24.3 Å². The highest BCUT2D eigenvalue weighted by Gasteiger charge is 2.30. The van der Waals surface area contributed by atoms with Crippen LogP contribution in [0.2, 0.25) is 0 Å². The molecule has 0 radical (unpaired) electrons. The van der Waals surface area contributed by atoms with Gasteiger partial charge in [-0.25, -0.2) is 8.42 Å². The Balaban J connectivity index is 1.31. The van der Waals surface area contributed by atoms with Gasteiger partial charge in [-0.05, 0) is 36.5 Å². The lowest BCUT2D eigenvalue weighted by atomic mass is 9.99. The van der Waals surface area contributed by atoms with Crippen molar-refractivity contribution in [1.82, 2.24) is 4.31 Å². The molecule has 7 heteroatoms. The molecule has 2 aliphatic rings. The smallest absolute Gasteiger partial charge is 0.243 e. The molecule has 1 fully saturated rings. The zero-order valence-electron chi connectivity index (χ0n) is 15.7. The van der Waals surface area contributed by atoms with E-state index in [0.717, 1.165) is 18.4 Å². The standard InChI is InChI=1S/C21H25NO5S/c23-28(24,19-6-7-20-21(14-19)27-13-12-26-20)22-10-8-18(9-11-22)16-25-15-17-4-2-1-3-5-17/h1-7,14,18H,8-13,15-16H2. The molecule has 0 atom stereocenters. The van der Waals surface area contributed by atoms with E-state index in [4.69, 9.17) is 14.2 Å². The molecule has 2 heterocycles. The lowest BCUT2D eigenvalue weighted by molar-refractivity contribution is 0.0688. The second-order valence-corrected chi connectivity index (χ2v) is 9.09. The van der Waals surface area contributed by atoms with E-state index in [-0.39, 0.29) is 4.90 Å². The first kappa shape index (κ1) is 19.2. The van der Waals surface area contributed by atoms with Crippen LogP contribution in [0.15, 0.2) is 53.4 Å². The third-order valence-corrected chi connectivity index (χ3v) is 7.08. The fourth-order valence-corrected chi connectivity index (χ4v) is 5.05. The molecule has 0 bridgehead atoms. The van der Waals surface area contributed by atoms with Gasteiger partial charge in [0.2, 0.25) is 10.0 Å². The lowest BCUT2D eigenvalue weighted by Crippen LogP contribution is -2.39. The molecular weight excluding hydrogens is 378 g/mol. The van der Waals surface area contributed by atoms with Crippen LogP contribution < -0.4 is 9.47 Å². The van der Waals surface area contributed by atoms with Gasteiger partial charge in [0, 0.05) is 25.8 Å². The van der Waals surface area contributed by atoms with Crippen molar-refractivity contribution >= 4 is 10.0 Å². The minimum Gasteiger partial charge on any atom is -0.486 e. The lowest BCUT2D eigenvalue weighted by Gasteiger charge is -2.31. The van der Waals surface area contributed by atoms with Gasteiger partial charge in [-0.15, -0.1) is 0 Å². The zero-order chi connectivity index (χ0) is 19.4. The third kappa shape index (κ3) is 4.32. The molecule has 0 spiro atoms. The number of ether oxygens (including phenoxy) is 3. The number of hydrogen-bond donors (Lipinski definition) is 0. The summed E-state index contributed by atoms with van der Waals surface area (Å²) in [5.74, 6) is 1.48. The molecule has 0 amide bonds. The van der Waals surface area contributed by atoms with Crippen molar-refractivity contribution in [1.29, 1.82) is 0 Å². The Bertz CT molecular complexity index is 892. The largest absolute Gasteiger partial charge is 0.486 e. The van der Waals surface area contributed by atoms with Crippen molar-refractivity contribution in [3.8, 4) is 11.5 Å². The second kappa shape index (κ2) is 8.51. The van der Waals surface area contributed by atoms with E-state index in [1.165, 1.54) is 0 Å². The van der Waals surface area contributed by atoms with Crippen molar-refractivity contribution in [2.75, 3.05) is 32.9 Å². The molecule has 4 rings (SSSR count). The van der Waals surface area contributed by atoms with Crippen LogP contribution in [0.4, 0.5) is 0 Å².